The van der Waals surface area contributed by atoms with Crippen LogP contribution in [-0.4, -0.2) is 81.5 Å². The van der Waals surface area contributed by atoms with Gasteiger partial charge in [0.05, 0.1) is 45.6 Å². The van der Waals surface area contributed by atoms with E-state index in [4.69, 9.17) is 59.8 Å². The Kier molecular flexibility index (Phi) is 4.68. The Morgan fingerprint density at radius 1 is 0.354 bits per heavy atom. The number of hydrogen-bond acceptors (Lipinski definition) is 12. The van der Waals surface area contributed by atoms with Gasteiger partial charge in [-0.05, 0) is 51.4 Å². The molecule has 18 aliphatic rings. The minimum atomic E-state index is -1.31. The zero-order chi connectivity index (χ0) is 41.1. The predicted octanol–water partition coefficient (Wildman–Crippen LogP) is 4.99. The highest BCUT2D eigenvalue weighted by Crippen LogP contribution is 2.55. The van der Waals surface area contributed by atoms with Gasteiger partial charge in [0, 0.05) is 47.3 Å². The van der Waals surface area contributed by atoms with Gasteiger partial charge >= 0.3 is 5.91 Å². The maximum absolute atomic E-state index is 5.70. The topological polar surface area (TPSA) is 168 Å². The third kappa shape index (κ3) is 3.12. The number of amidine groups is 4. The summed E-state index contributed by atoms with van der Waals surface area (Å²) >= 11 is 0. The first-order valence-corrected chi connectivity index (χ1v) is 23.6. The van der Waals surface area contributed by atoms with Gasteiger partial charge in [-0.25, -0.2) is 39.9 Å². The Hall–Kier alpha value is -7.36. The molecule has 12 heterocycles. The molecule has 24 rings (SSSR count). The molecule has 0 aromatic carbocycles. The number of allylic oxidation sites excluding steroid dienone is 8. The van der Waals surface area contributed by atoms with Crippen LogP contribution < -0.4 is 11.0 Å². The zero-order valence-corrected chi connectivity index (χ0v) is 34.5. The molecule has 16 nitrogen and oxygen atoms in total. The Morgan fingerprint density at radius 2 is 0.662 bits per heavy atom. The molecular formula is C49H32N16+2. The van der Waals surface area contributed by atoms with Gasteiger partial charge in [-0.3, -0.25) is 0 Å². The Balaban J connectivity index is 1.00. The van der Waals surface area contributed by atoms with Gasteiger partial charge in [0.25, 0.3) is 23.3 Å². The van der Waals surface area contributed by atoms with E-state index < -0.39 is 5.91 Å². The number of hydrogen-bond donors (Lipinski definition) is 0. The largest absolute Gasteiger partial charge is 0.405 e. The standard InChI is InChI=1S/C49H32N16/c1-2-18-4-3-17(1)25-26(18)51-34-33(50-25)41-58-43-35-36(53-28-20-7-5-19(6-8-20)27(28)52-35)45-60-47-39-40(57-32-24-15-13-23(14-16-24)31(32)56-39)48-61-46-38-37(54-29-21-9-11-22(12-10-21)30(29)55-38)44-59-42(34)62(41)49(63(43)45,64(44)46)65(47)48/h1-2,5,7,9,11,13,15,17-24H,3-4,6,8,10,12,14,16H2/q+2. The molecule has 8 atom stereocenters. The van der Waals surface area contributed by atoms with Gasteiger partial charge in [0.1, 0.15) is 0 Å². The van der Waals surface area contributed by atoms with Crippen molar-refractivity contribution in [2.45, 2.75) is 105 Å². The number of rotatable bonds is 0. The molecule has 0 saturated heterocycles. The highest BCUT2D eigenvalue weighted by Gasteiger charge is 2.71. The SMILES string of the molecule is C1=CC2CCC1c1nc3c(nc12)C1=[N+]2C3=Nc3c4nc5c(nc4c4n3C23n2c(c6nc7c(nc6c2=NC2=[N+]3C(=N4)c3nc4c(nc32)C2C=CC4CC2)C2C=CC7CC2)=N1)C1C=CC5CC1. The average molecular weight is 845 g/mol. The molecule has 1 spiro atoms. The van der Waals surface area contributed by atoms with Crippen LogP contribution >= 0.6 is 0 Å². The molecule has 306 valence electrons. The van der Waals surface area contributed by atoms with Crippen molar-refractivity contribution in [2.24, 2.45) is 20.0 Å². The van der Waals surface area contributed by atoms with Crippen LogP contribution in [0.3, 0.4) is 0 Å². The fourth-order valence-electron chi connectivity index (χ4n) is 14.6. The van der Waals surface area contributed by atoms with Crippen LogP contribution in [-0.2, 0) is 5.91 Å². The molecule has 0 N–H and O–H groups in total. The lowest BCUT2D eigenvalue weighted by Gasteiger charge is -2.39. The molecular weight excluding hydrogens is 813 g/mol. The Labute approximate surface area is 366 Å². The van der Waals surface area contributed by atoms with E-state index in [-0.39, 0.29) is 47.3 Å². The van der Waals surface area contributed by atoms with Crippen molar-refractivity contribution < 1.29 is 9.15 Å². The van der Waals surface area contributed by atoms with E-state index in [0.29, 0.717) is 46.0 Å². The van der Waals surface area contributed by atoms with E-state index >= 15 is 0 Å². The molecule has 0 saturated carbocycles. The maximum atomic E-state index is 5.70. The molecule has 16 heteroatoms. The van der Waals surface area contributed by atoms with Crippen LogP contribution in [0.1, 0.15) is 167 Å². The molecule has 6 aromatic rings. The van der Waals surface area contributed by atoms with Crippen molar-refractivity contribution in [3.05, 3.63) is 128 Å². The van der Waals surface area contributed by atoms with Gasteiger partial charge in [0.2, 0.25) is 22.6 Å². The van der Waals surface area contributed by atoms with Crippen LogP contribution in [0.25, 0.3) is 22.1 Å². The minimum absolute atomic E-state index is 0.213. The molecule has 8 unspecified atom stereocenters. The zero-order valence-electron chi connectivity index (χ0n) is 34.5. The number of aromatic nitrogens is 10. The fraction of sp³-hybridized carbons (Fsp3) is 0.347. The smallest absolute Gasteiger partial charge is 0.243 e. The molecule has 6 aromatic heterocycles. The highest BCUT2D eigenvalue weighted by molar-refractivity contribution is 6.18. The van der Waals surface area contributed by atoms with Gasteiger partial charge in [-0.15, -0.1) is 9.15 Å². The van der Waals surface area contributed by atoms with Gasteiger partial charge in [0.15, 0.2) is 44.8 Å². The molecule has 12 aliphatic carbocycles. The van der Waals surface area contributed by atoms with Crippen molar-refractivity contribution in [3.63, 3.8) is 0 Å². The Morgan fingerprint density at radius 3 is 1.00 bits per heavy atom. The molecule has 65 heavy (non-hydrogen) atoms. The first kappa shape index (κ1) is 31.5. The second kappa shape index (κ2) is 9.67. The number of aliphatic imine (C=N–C) groups is 2. The predicted molar refractivity (Wildman–Crippen MR) is 231 cm³/mol. The highest BCUT2D eigenvalue weighted by atomic mass is 15.7. The Bertz CT molecular complexity index is 3790. The summed E-state index contributed by atoms with van der Waals surface area (Å²) in [4.78, 5) is 67.7. The van der Waals surface area contributed by atoms with E-state index in [9.17, 15) is 0 Å². The van der Waals surface area contributed by atoms with E-state index in [0.717, 1.165) is 142 Å². The molecule has 8 bridgehead atoms. The summed E-state index contributed by atoms with van der Waals surface area (Å²) in [6.07, 6.45) is 27.1. The van der Waals surface area contributed by atoms with Gasteiger partial charge in [-0.1, -0.05) is 68.6 Å². The summed E-state index contributed by atoms with van der Waals surface area (Å²) in [5.41, 5.74) is 15.6. The van der Waals surface area contributed by atoms with Crippen molar-refractivity contribution in [2.75, 3.05) is 0 Å². The first-order valence-electron chi connectivity index (χ1n) is 23.6. The lowest BCUT2D eigenvalue weighted by molar-refractivity contribution is -0.790. The van der Waals surface area contributed by atoms with Crippen LogP contribution in [0.4, 0.5) is 11.6 Å². The van der Waals surface area contributed by atoms with Crippen LogP contribution in [0, 0.1) is 0 Å². The van der Waals surface area contributed by atoms with Crippen molar-refractivity contribution >= 4 is 57.0 Å². The average Bonchev–Trinajstić information content (AvgIpc) is 4.07. The van der Waals surface area contributed by atoms with Gasteiger partial charge in [-0.2, -0.15) is 9.13 Å². The van der Waals surface area contributed by atoms with Crippen LogP contribution in [0.2, 0.25) is 0 Å². The first-order chi connectivity index (χ1) is 32.2. The minimum Gasteiger partial charge on any atom is -0.243 e. The summed E-state index contributed by atoms with van der Waals surface area (Å²) < 4.78 is 9.06. The summed E-state index contributed by atoms with van der Waals surface area (Å²) in [5, 5.41) is 0. The quantitative estimate of drug-likeness (QED) is 0.152. The van der Waals surface area contributed by atoms with Crippen molar-refractivity contribution in [1.29, 1.82) is 0 Å². The fourth-order valence-corrected chi connectivity index (χ4v) is 14.6. The summed E-state index contributed by atoms with van der Waals surface area (Å²) in [6.45, 7) is 0. The lowest BCUT2D eigenvalue weighted by atomic mass is 9.76. The van der Waals surface area contributed by atoms with Gasteiger partial charge < -0.3 is 0 Å². The van der Waals surface area contributed by atoms with Crippen LogP contribution in [0.15, 0.2) is 68.6 Å². The summed E-state index contributed by atoms with van der Waals surface area (Å²) in [7, 11) is 0. The molecule has 0 amide bonds. The summed E-state index contributed by atoms with van der Waals surface area (Å²) in [6, 6.07) is 0. The maximum Gasteiger partial charge on any atom is 0.405 e. The second-order valence-corrected chi connectivity index (χ2v) is 20.4. The monoisotopic (exact) mass is 844 g/mol. The summed E-state index contributed by atoms with van der Waals surface area (Å²) in [5.74, 6) is 4.46. The molecule has 0 radical (unpaired) electrons. The van der Waals surface area contributed by atoms with E-state index in [1.54, 1.807) is 0 Å². The lowest BCUT2D eigenvalue weighted by Crippen LogP contribution is -2.71. The number of nitrogens with zero attached hydrogens (tertiary/aromatic N) is 16. The van der Waals surface area contributed by atoms with Crippen LogP contribution in [0.5, 0.6) is 0 Å². The van der Waals surface area contributed by atoms with E-state index in [1.165, 1.54) is 0 Å². The molecule has 0 fully saturated rings. The van der Waals surface area contributed by atoms with E-state index in [1.807, 2.05) is 0 Å². The number of fused-ring (bicyclic) bond motifs is 16. The van der Waals surface area contributed by atoms with E-state index in [2.05, 4.69) is 66.9 Å². The second-order valence-electron chi connectivity index (χ2n) is 20.4. The van der Waals surface area contributed by atoms with Crippen molar-refractivity contribution in [1.82, 2.24) is 49.0 Å². The third-order valence-electron chi connectivity index (χ3n) is 17.5. The van der Waals surface area contributed by atoms with Crippen molar-refractivity contribution in [3.8, 4) is 0 Å². The molecule has 6 aliphatic heterocycles. The third-order valence-corrected chi connectivity index (χ3v) is 17.5. The normalized spacial score (nSPS) is 32.6.